The molecule has 102 valence electrons. The van der Waals surface area contributed by atoms with Crippen molar-refractivity contribution in [2.45, 2.75) is 0 Å². The van der Waals surface area contributed by atoms with Crippen LogP contribution in [-0.2, 0) is 0 Å². The Hall–Kier alpha value is -1.50. The van der Waals surface area contributed by atoms with E-state index >= 15 is 0 Å². The van der Waals surface area contributed by atoms with Gasteiger partial charge in [0.05, 0.1) is 11.2 Å². The summed E-state index contributed by atoms with van der Waals surface area (Å²) in [7, 11) is 0. The molecule has 0 radical (unpaired) electrons. The van der Waals surface area contributed by atoms with Gasteiger partial charge in [0.15, 0.2) is 10.9 Å². The van der Waals surface area contributed by atoms with E-state index in [9.17, 15) is 10.2 Å². The van der Waals surface area contributed by atoms with Crippen molar-refractivity contribution in [2.24, 2.45) is 5.10 Å². The van der Waals surface area contributed by atoms with Crippen molar-refractivity contribution < 1.29 is 10.2 Å². The number of nitrogens with zero attached hydrogens (tertiary/aromatic N) is 1. The summed E-state index contributed by atoms with van der Waals surface area (Å²) in [6, 6.07) is 1.32. The van der Waals surface area contributed by atoms with E-state index in [4.69, 9.17) is 35.4 Å². The van der Waals surface area contributed by atoms with Gasteiger partial charge in [0.25, 0.3) is 0 Å². The first-order chi connectivity index (χ1) is 8.97. The van der Waals surface area contributed by atoms with Gasteiger partial charge in [-0.1, -0.05) is 29.3 Å². The van der Waals surface area contributed by atoms with E-state index in [2.05, 4.69) is 22.4 Å². The monoisotopic (exact) mass is 319 g/mol. The molecule has 1 aromatic rings. The Bertz CT molecular complexity index is 535. The first-order valence-corrected chi connectivity index (χ1v) is 6.21. The summed E-state index contributed by atoms with van der Waals surface area (Å²) in [4.78, 5) is 0. The van der Waals surface area contributed by atoms with Gasteiger partial charge in [0.2, 0.25) is 0 Å². The number of nitrogens with one attached hydrogen (secondary N) is 2. The zero-order valence-corrected chi connectivity index (χ0v) is 12.0. The molecule has 0 aliphatic carbocycles. The summed E-state index contributed by atoms with van der Waals surface area (Å²) in [5.41, 5.74) is 2.77. The van der Waals surface area contributed by atoms with Crippen molar-refractivity contribution in [3.63, 3.8) is 0 Å². The Balaban J connectivity index is 2.77. The second-order valence-corrected chi connectivity index (χ2v) is 4.52. The van der Waals surface area contributed by atoms with Crippen LogP contribution >= 0.6 is 35.4 Å². The highest BCUT2D eigenvalue weighted by Gasteiger charge is 2.13. The standard InChI is InChI=1S/C11H11Cl2N3O2S/c1-2-3-14-11(19)16-15-5-6-4-7(12)10(18)8(13)9(6)17/h2,4-5,17-18H,1,3H2,(H2,14,16,19)/b15-5+. The Morgan fingerprint density at radius 2 is 2.11 bits per heavy atom. The van der Waals surface area contributed by atoms with Gasteiger partial charge in [-0.15, -0.1) is 6.58 Å². The zero-order valence-electron chi connectivity index (χ0n) is 9.65. The Morgan fingerprint density at radius 1 is 1.42 bits per heavy atom. The molecule has 8 heteroatoms. The van der Waals surface area contributed by atoms with E-state index in [1.807, 2.05) is 0 Å². The minimum Gasteiger partial charge on any atom is -0.506 e. The molecule has 0 spiro atoms. The molecule has 0 amide bonds. The van der Waals surface area contributed by atoms with Gasteiger partial charge < -0.3 is 15.5 Å². The fourth-order valence-electron chi connectivity index (χ4n) is 1.08. The third-order valence-electron chi connectivity index (χ3n) is 1.97. The maximum Gasteiger partial charge on any atom is 0.187 e. The van der Waals surface area contributed by atoms with Crippen LogP contribution in [0, 0.1) is 0 Å². The number of aromatic hydroxyl groups is 2. The summed E-state index contributed by atoms with van der Waals surface area (Å²) >= 11 is 16.3. The van der Waals surface area contributed by atoms with E-state index in [0.29, 0.717) is 11.7 Å². The molecule has 19 heavy (non-hydrogen) atoms. The Kier molecular flexibility index (Phi) is 5.88. The van der Waals surface area contributed by atoms with Gasteiger partial charge in [-0.2, -0.15) is 5.10 Å². The van der Waals surface area contributed by atoms with Crippen molar-refractivity contribution in [2.75, 3.05) is 6.54 Å². The van der Waals surface area contributed by atoms with Gasteiger partial charge >= 0.3 is 0 Å². The quantitative estimate of drug-likeness (QED) is 0.297. The molecule has 0 saturated heterocycles. The van der Waals surface area contributed by atoms with Crippen LogP contribution < -0.4 is 10.7 Å². The van der Waals surface area contributed by atoms with Gasteiger partial charge in [-0.05, 0) is 18.3 Å². The molecule has 5 nitrogen and oxygen atoms in total. The Labute approximate surface area is 125 Å². The fraction of sp³-hybridized carbons (Fsp3) is 0.0909. The van der Waals surface area contributed by atoms with Gasteiger partial charge in [0, 0.05) is 12.1 Å². The van der Waals surface area contributed by atoms with E-state index in [-0.39, 0.29) is 27.1 Å². The van der Waals surface area contributed by atoms with Crippen LogP contribution in [0.25, 0.3) is 0 Å². The highest BCUT2D eigenvalue weighted by molar-refractivity contribution is 7.80. The predicted octanol–water partition coefficient (Wildman–Crippen LogP) is 2.39. The third-order valence-corrected chi connectivity index (χ3v) is 2.86. The first kappa shape index (κ1) is 15.6. The summed E-state index contributed by atoms with van der Waals surface area (Å²) in [6.07, 6.45) is 2.91. The molecule has 0 heterocycles. The molecule has 0 atom stereocenters. The van der Waals surface area contributed by atoms with Crippen molar-refractivity contribution in [3.8, 4) is 11.5 Å². The molecule has 0 fully saturated rings. The van der Waals surface area contributed by atoms with Gasteiger partial charge in [0.1, 0.15) is 10.8 Å². The molecule has 0 aliphatic rings. The van der Waals surface area contributed by atoms with Crippen molar-refractivity contribution in [3.05, 3.63) is 34.3 Å². The summed E-state index contributed by atoms with van der Waals surface area (Å²) in [5.74, 6) is -0.701. The highest BCUT2D eigenvalue weighted by Crippen LogP contribution is 2.40. The van der Waals surface area contributed by atoms with Crippen LogP contribution in [0.1, 0.15) is 5.56 Å². The van der Waals surface area contributed by atoms with Crippen LogP contribution in [0.3, 0.4) is 0 Å². The lowest BCUT2D eigenvalue weighted by atomic mass is 10.2. The zero-order chi connectivity index (χ0) is 14.4. The van der Waals surface area contributed by atoms with Crippen molar-refractivity contribution in [1.29, 1.82) is 0 Å². The first-order valence-electron chi connectivity index (χ1n) is 5.05. The maximum atomic E-state index is 9.68. The number of phenolic OH excluding ortho intramolecular Hbond substituents is 2. The molecule has 0 aliphatic heterocycles. The molecule has 0 aromatic heterocycles. The van der Waals surface area contributed by atoms with Crippen LogP contribution in [0.4, 0.5) is 0 Å². The SMILES string of the molecule is C=CCNC(=S)N/N=C/c1cc(Cl)c(O)c(Cl)c1O. The smallest absolute Gasteiger partial charge is 0.187 e. The average molecular weight is 320 g/mol. The Morgan fingerprint density at radius 3 is 2.74 bits per heavy atom. The highest BCUT2D eigenvalue weighted by atomic mass is 35.5. The minimum absolute atomic E-state index is 0.0107. The van der Waals surface area contributed by atoms with E-state index in [0.717, 1.165) is 0 Å². The average Bonchev–Trinajstić information content (AvgIpc) is 2.39. The molecule has 0 bridgehead atoms. The topological polar surface area (TPSA) is 76.9 Å². The summed E-state index contributed by atoms with van der Waals surface area (Å²) < 4.78 is 0. The lowest BCUT2D eigenvalue weighted by Crippen LogP contribution is -2.31. The number of hydrazone groups is 1. The summed E-state index contributed by atoms with van der Waals surface area (Å²) in [6.45, 7) is 4.03. The minimum atomic E-state index is -0.380. The van der Waals surface area contributed by atoms with Gasteiger partial charge in [-0.25, -0.2) is 0 Å². The molecule has 0 saturated carbocycles. The largest absolute Gasteiger partial charge is 0.506 e. The molecular weight excluding hydrogens is 309 g/mol. The normalized spacial score (nSPS) is 10.4. The molecule has 1 aromatic carbocycles. The number of phenols is 2. The van der Waals surface area contributed by atoms with E-state index in [1.165, 1.54) is 12.3 Å². The lowest BCUT2D eigenvalue weighted by molar-refractivity contribution is 0.450. The lowest BCUT2D eigenvalue weighted by Gasteiger charge is -2.06. The molecule has 0 unspecified atom stereocenters. The van der Waals surface area contributed by atoms with Crippen molar-refractivity contribution >= 4 is 46.7 Å². The van der Waals surface area contributed by atoms with Crippen molar-refractivity contribution in [1.82, 2.24) is 10.7 Å². The number of hydrogen-bond acceptors (Lipinski definition) is 4. The van der Waals surface area contributed by atoms with Crippen LogP contribution in [0.15, 0.2) is 23.8 Å². The van der Waals surface area contributed by atoms with Crippen LogP contribution in [0.5, 0.6) is 11.5 Å². The van der Waals surface area contributed by atoms with Gasteiger partial charge in [-0.3, -0.25) is 5.43 Å². The third kappa shape index (κ3) is 4.27. The summed E-state index contributed by atoms with van der Waals surface area (Å²) in [5, 5.41) is 25.7. The number of halogens is 2. The van der Waals surface area contributed by atoms with Crippen LogP contribution in [0.2, 0.25) is 10.0 Å². The molecular formula is C11H11Cl2N3O2S. The number of benzene rings is 1. The maximum absolute atomic E-state index is 9.68. The predicted molar refractivity (Wildman–Crippen MR) is 81.3 cm³/mol. The molecule has 1 rings (SSSR count). The second-order valence-electron chi connectivity index (χ2n) is 3.33. The second kappa shape index (κ2) is 7.18. The molecule has 4 N–H and O–H groups in total. The van der Waals surface area contributed by atoms with Crippen LogP contribution in [-0.4, -0.2) is 28.1 Å². The fourth-order valence-corrected chi connectivity index (χ4v) is 1.69. The number of rotatable bonds is 4. The number of thiocarbonyl (C=S) groups is 1. The van der Waals surface area contributed by atoms with E-state index < -0.39 is 0 Å². The number of hydrogen-bond donors (Lipinski definition) is 4. The van der Waals surface area contributed by atoms with E-state index in [1.54, 1.807) is 6.08 Å².